The third-order valence-electron chi connectivity index (χ3n) is 4.54. The number of carbonyl (C=O) groups excluding carboxylic acids is 2. The van der Waals surface area contributed by atoms with Gasteiger partial charge in [-0.1, -0.05) is 24.3 Å². The van der Waals surface area contributed by atoms with Crippen molar-refractivity contribution < 1.29 is 19.1 Å². The number of ether oxygens (including phenoxy) is 2. The van der Waals surface area contributed by atoms with Gasteiger partial charge in [0.15, 0.2) is 0 Å². The number of anilines is 1. The van der Waals surface area contributed by atoms with Crippen LogP contribution >= 0.6 is 0 Å². The molecule has 0 bridgehead atoms. The minimum atomic E-state index is -0.509. The molecule has 0 aliphatic carbocycles. The van der Waals surface area contributed by atoms with Gasteiger partial charge in [-0.3, -0.25) is 0 Å². The summed E-state index contributed by atoms with van der Waals surface area (Å²) in [6.07, 6.45) is -0.297. The molecule has 6 nitrogen and oxygen atoms in total. The Hall–Kier alpha value is -2.76. The summed E-state index contributed by atoms with van der Waals surface area (Å²) < 4.78 is 10.4. The second kappa shape index (κ2) is 7.47. The van der Waals surface area contributed by atoms with E-state index >= 15 is 0 Å². The fourth-order valence-corrected chi connectivity index (χ4v) is 3.22. The second-order valence-corrected chi connectivity index (χ2v) is 7.66. The van der Waals surface area contributed by atoms with Crippen molar-refractivity contribution >= 4 is 28.5 Å². The third-order valence-corrected chi connectivity index (χ3v) is 4.54. The summed E-state index contributed by atoms with van der Waals surface area (Å²) in [6.45, 7) is 7.92. The van der Waals surface area contributed by atoms with Crippen LogP contribution in [0.1, 0.15) is 31.1 Å². The summed E-state index contributed by atoms with van der Waals surface area (Å²) in [5, 5.41) is 2.06. The lowest BCUT2D eigenvalue weighted by molar-refractivity contribution is 0.0240. The number of amides is 1. The summed E-state index contributed by atoms with van der Waals surface area (Å²) in [5.41, 5.74) is 0.872. The lowest BCUT2D eigenvalue weighted by Gasteiger charge is -2.37. The summed E-state index contributed by atoms with van der Waals surface area (Å²) in [7, 11) is 1.39. The van der Waals surface area contributed by atoms with Gasteiger partial charge in [-0.25, -0.2) is 9.59 Å². The highest BCUT2D eigenvalue weighted by Gasteiger charge is 2.27. The zero-order chi connectivity index (χ0) is 19.6. The number of methoxy groups -OCH3 is 1. The Balaban J connectivity index is 1.82. The van der Waals surface area contributed by atoms with Gasteiger partial charge in [0.2, 0.25) is 0 Å². The highest BCUT2D eigenvalue weighted by molar-refractivity contribution is 6.02. The summed E-state index contributed by atoms with van der Waals surface area (Å²) in [4.78, 5) is 28.4. The smallest absolute Gasteiger partial charge is 0.410 e. The van der Waals surface area contributed by atoms with Gasteiger partial charge in [0.05, 0.1) is 18.4 Å². The number of benzene rings is 2. The van der Waals surface area contributed by atoms with Crippen molar-refractivity contribution in [3.63, 3.8) is 0 Å². The van der Waals surface area contributed by atoms with E-state index in [0.29, 0.717) is 31.7 Å². The summed E-state index contributed by atoms with van der Waals surface area (Å²) in [5.74, 6) is -0.356. The molecule has 1 fully saturated rings. The highest BCUT2D eigenvalue weighted by atomic mass is 16.6. The minimum Gasteiger partial charge on any atom is -0.465 e. The molecule has 2 aromatic rings. The quantitative estimate of drug-likeness (QED) is 0.755. The fourth-order valence-electron chi connectivity index (χ4n) is 3.22. The number of rotatable bonds is 2. The molecule has 6 heteroatoms. The average Bonchev–Trinajstić information content (AvgIpc) is 2.65. The van der Waals surface area contributed by atoms with E-state index in [9.17, 15) is 9.59 Å². The molecule has 1 amide bonds. The van der Waals surface area contributed by atoms with Crippen LogP contribution in [0.25, 0.3) is 10.8 Å². The molecular formula is C21H26N2O4. The van der Waals surface area contributed by atoms with Gasteiger partial charge in [-0.05, 0) is 43.7 Å². The Morgan fingerprint density at radius 3 is 2.11 bits per heavy atom. The van der Waals surface area contributed by atoms with Crippen molar-refractivity contribution in [2.24, 2.45) is 0 Å². The molecule has 27 heavy (non-hydrogen) atoms. The lowest BCUT2D eigenvalue weighted by Crippen LogP contribution is -2.50. The Labute approximate surface area is 159 Å². The molecule has 1 aliphatic rings. The van der Waals surface area contributed by atoms with E-state index in [1.807, 2.05) is 57.2 Å². The topological polar surface area (TPSA) is 59.1 Å². The monoisotopic (exact) mass is 370 g/mol. The van der Waals surface area contributed by atoms with Crippen LogP contribution in [0.4, 0.5) is 10.5 Å². The van der Waals surface area contributed by atoms with Gasteiger partial charge in [-0.2, -0.15) is 0 Å². The zero-order valence-electron chi connectivity index (χ0n) is 16.3. The maximum Gasteiger partial charge on any atom is 0.410 e. The standard InChI is InChI=1S/C21H26N2O4/c1-21(2,3)27-20(25)23-11-9-22(10-12-23)18-14-16-8-6-5-7-15(16)13-17(18)19(24)26-4/h5-8,13-14H,9-12H2,1-4H3. The van der Waals surface area contributed by atoms with Crippen LogP contribution in [0.5, 0.6) is 0 Å². The van der Waals surface area contributed by atoms with Gasteiger partial charge >= 0.3 is 12.1 Å². The first-order valence-electron chi connectivity index (χ1n) is 9.12. The number of piperazine rings is 1. The highest BCUT2D eigenvalue weighted by Crippen LogP contribution is 2.29. The van der Waals surface area contributed by atoms with Crippen molar-refractivity contribution in [1.82, 2.24) is 4.90 Å². The molecule has 0 atom stereocenters. The molecule has 0 aromatic heterocycles. The number of fused-ring (bicyclic) bond motifs is 1. The van der Waals surface area contributed by atoms with Gasteiger partial charge in [-0.15, -0.1) is 0 Å². The molecule has 0 saturated carbocycles. The van der Waals surface area contributed by atoms with Crippen LogP contribution in [0, 0.1) is 0 Å². The van der Waals surface area contributed by atoms with Crippen molar-refractivity contribution in [2.75, 3.05) is 38.2 Å². The maximum atomic E-state index is 12.3. The van der Waals surface area contributed by atoms with Crippen LogP contribution in [0.2, 0.25) is 0 Å². The van der Waals surface area contributed by atoms with E-state index in [0.717, 1.165) is 16.5 Å². The van der Waals surface area contributed by atoms with Crippen molar-refractivity contribution in [1.29, 1.82) is 0 Å². The maximum absolute atomic E-state index is 12.3. The van der Waals surface area contributed by atoms with Crippen LogP contribution in [-0.2, 0) is 9.47 Å². The number of esters is 1. The van der Waals surface area contributed by atoms with Crippen molar-refractivity contribution in [2.45, 2.75) is 26.4 Å². The predicted octanol–water partition coefficient (Wildman–Crippen LogP) is 3.68. The van der Waals surface area contributed by atoms with Gasteiger partial charge < -0.3 is 19.3 Å². The minimum absolute atomic E-state index is 0.297. The first-order valence-corrected chi connectivity index (χ1v) is 9.12. The largest absolute Gasteiger partial charge is 0.465 e. The van der Waals surface area contributed by atoms with E-state index in [1.54, 1.807) is 4.90 Å². The molecular weight excluding hydrogens is 344 g/mol. The first kappa shape index (κ1) is 19.0. The van der Waals surface area contributed by atoms with Crippen LogP contribution < -0.4 is 4.90 Å². The van der Waals surface area contributed by atoms with Crippen LogP contribution in [0.15, 0.2) is 36.4 Å². The molecule has 1 saturated heterocycles. The van der Waals surface area contributed by atoms with Gasteiger partial charge in [0.1, 0.15) is 5.60 Å². The van der Waals surface area contributed by atoms with Crippen LogP contribution in [0.3, 0.4) is 0 Å². The van der Waals surface area contributed by atoms with E-state index in [4.69, 9.17) is 9.47 Å². The Morgan fingerprint density at radius 2 is 1.56 bits per heavy atom. The SMILES string of the molecule is COC(=O)c1cc2ccccc2cc1N1CCN(C(=O)OC(C)(C)C)CC1. The fraction of sp³-hybridized carbons (Fsp3) is 0.429. The summed E-state index contributed by atoms with van der Waals surface area (Å²) in [6, 6.07) is 11.8. The summed E-state index contributed by atoms with van der Waals surface area (Å²) >= 11 is 0. The zero-order valence-corrected chi connectivity index (χ0v) is 16.3. The van der Waals surface area contributed by atoms with Crippen molar-refractivity contribution in [3.8, 4) is 0 Å². The molecule has 3 rings (SSSR count). The molecule has 0 N–H and O–H groups in total. The predicted molar refractivity (Wildman–Crippen MR) is 105 cm³/mol. The third kappa shape index (κ3) is 4.32. The van der Waals surface area contributed by atoms with E-state index in [1.165, 1.54) is 7.11 Å². The molecule has 1 aliphatic heterocycles. The number of hydrogen-bond acceptors (Lipinski definition) is 5. The number of nitrogens with zero attached hydrogens (tertiary/aromatic N) is 2. The molecule has 144 valence electrons. The normalized spacial score (nSPS) is 15.0. The number of carbonyl (C=O) groups is 2. The van der Waals surface area contributed by atoms with E-state index in [-0.39, 0.29) is 12.1 Å². The Morgan fingerprint density at radius 1 is 0.963 bits per heavy atom. The number of hydrogen-bond donors (Lipinski definition) is 0. The van der Waals surface area contributed by atoms with Crippen LogP contribution in [-0.4, -0.2) is 55.9 Å². The Kier molecular flexibility index (Phi) is 5.26. The first-order chi connectivity index (χ1) is 12.8. The molecule has 0 radical (unpaired) electrons. The van der Waals surface area contributed by atoms with Gasteiger partial charge in [0.25, 0.3) is 0 Å². The van der Waals surface area contributed by atoms with E-state index < -0.39 is 5.60 Å². The molecule has 0 spiro atoms. The molecule has 0 unspecified atom stereocenters. The van der Waals surface area contributed by atoms with E-state index in [2.05, 4.69) is 4.90 Å². The van der Waals surface area contributed by atoms with Crippen molar-refractivity contribution in [3.05, 3.63) is 42.0 Å². The lowest BCUT2D eigenvalue weighted by atomic mass is 10.0. The average molecular weight is 370 g/mol. The van der Waals surface area contributed by atoms with Gasteiger partial charge in [0, 0.05) is 26.2 Å². The second-order valence-electron chi connectivity index (χ2n) is 7.66. The Bertz CT molecular complexity index is 849. The molecule has 1 heterocycles. The molecule has 2 aromatic carbocycles.